The molecule has 36 heavy (non-hydrogen) atoms. The zero-order valence-corrected chi connectivity index (χ0v) is 21.7. The second kappa shape index (κ2) is 12.3. The van der Waals surface area contributed by atoms with E-state index in [1.165, 1.54) is 11.1 Å². The van der Waals surface area contributed by atoms with Crippen LogP contribution in [0, 0.1) is 24.7 Å². The number of terminal acetylenes is 2. The van der Waals surface area contributed by atoms with E-state index in [9.17, 15) is 4.79 Å². The average Bonchev–Trinajstić information content (AvgIpc) is 2.93. The molecule has 5 heteroatoms. The van der Waals surface area contributed by atoms with Gasteiger partial charge in [-0.25, -0.2) is 0 Å². The Labute approximate surface area is 217 Å². The van der Waals surface area contributed by atoms with Crippen molar-refractivity contribution in [3.63, 3.8) is 0 Å². The molecule has 188 valence electrons. The Balaban J connectivity index is 1.20. The van der Waals surface area contributed by atoms with E-state index in [-0.39, 0.29) is 12.1 Å². The number of piperazine rings is 2. The van der Waals surface area contributed by atoms with Gasteiger partial charge in [0.15, 0.2) is 5.78 Å². The molecule has 0 aliphatic carbocycles. The highest BCUT2D eigenvalue weighted by Gasteiger charge is 2.32. The Kier molecular flexibility index (Phi) is 8.97. The summed E-state index contributed by atoms with van der Waals surface area (Å²) in [6, 6.07) is 16.4. The first-order valence-electron chi connectivity index (χ1n) is 13.0. The Bertz CT molecular complexity index is 992. The van der Waals surface area contributed by atoms with Gasteiger partial charge in [0, 0.05) is 76.6 Å². The maximum Gasteiger partial charge on any atom is 0.166 e. The lowest BCUT2D eigenvalue weighted by Gasteiger charge is -2.41. The van der Waals surface area contributed by atoms with Crippen molar-refractivity contribution in [1.29, 1.82) is 0 Å². The molecule has 0 aromatic heterocycles. The van der Waals surface area contributed by atoms with Crippen molar-refractivity contribution < 1.29 is 4.79 Å². The van der Waals surface area contributed by atoms with E-state index in [0.29, 0.717) is 5.78 Å². The molecule has 0 bridgehead atoms. The Morgan fingerprint density at radius 3 is 1.31 bits per heavy atom. The lowest BCUT2D eigenvalue weighted by atomic mass is 10.0. The van der Waals surface area contributed by atoms with Gasteiger partial charge < -0.3 is 0 Å². The van der Waals surface area contributed by atoms with Crippen LogP contribution in [0.1, 0.15) is 36.1 Å². The van der Waals surface area contributed by atoms with Gasteiger partial charge in [-0.2, -0.15) is 0 Å². The predicted molar refractivity (Wildman–Crippen MR) is 146 cm³/mol. The number of carbonyl (C=O) groups excluding carboxylic acids is 1. The summed E-state index contributed by atoms with van der Waals surface area (Å²) in [5.41, 5.74) is 4.40. The molecule has 0 N–H and O–H groups in total. The summed E-state index contributed by atoms with van der Waals surface area (Å²) >= 11 is 0. The monoisotopic (exact) mass is 482 g/mol. The first kappa shape index (κ1) is 26.1. The summed E-state index contributed by atoms with van der Waals surface area (Å²) in [4.78, 5) is 23.0. The van der Waals surface area contributed by atoms with Crippen LogP contribution in [0.3, 0.4) is 0 Å². The minimum Gasteiger partial charge on any atom is -0.297 e. The molecule has 2 aromatic carbocycles. The van der Waals surface area contributed by atoms with Crippen LogP contribution < -0.4 is 0 Å². The zero-order valence-electron chi connectivity index (χ0n) is 21.7. The predicted octanol–water partition coefficient (Wildman–Crippen LogP) is 2.93. The molecule has 0 saturated carbocycles. The van der Waals surface area contributed by atoms with Crippen LogP contribution in [-0.2, 0) is 17.9 Å². The van der Waals surface area contributed by atoms with Gasteiger partial charge in [0.2, 0.25) is 0 Å². The van der Waals surface area contributed by atoms with E-state index in [1.807, 2.05) is 24.3 Å². The molecular formula is C31H38N4O. The highest BCUT2D eigenvalue weighted by atomic mass is 16.1. The lowest BCUT2D eigenvalue weighted by Crippen LogP contribution is -2.57. The third-order valence-electron chi connectivity index (χ3n) is 7.79. The summed E-state index contributed by atoms with van der Waals surface area (Å²) in [7, 11) is 0. The number of rotatable bonds is 8. The van der Waals surface area contributed by atoms with Crippen molar-refractivity contribution in [2.45, 2.75) is 39.0 Å². The van der Waals surface area contributed by atoms with Crippen molar-refractivity contribution in [2.24, 2.45) is 0 Å². The first-order chi connectivity index (χ1) is 17.5. The highest BCUT2D eigenvalue weighted by Crippen LogP contribution is 2.16. The largest absolute Gasteiger partial charge is 0.297 e. The maximum atomic E-state index is 13.4. The molecule has 2 saturated heterocycles. The molecule has 0 radical (unpaired) electrons. The molecule has 0 spiro atoms. The molecule has 2 aromatic rings. The number of Topliss-reactive ketones (excluding diaryl/α,β-unsaturated/α-hetero) is 1. The minimum atomic E-state index is -0.0511. The number of hydrogen-bond donors (Lipinski definition) is 0. The summed E-state index contributed by atoms with van der Waals surface area (Å²) in [5.74, 6) is 5.68. The second-order valence-corrected chi connectivity index (χ2v) is 10.1. The van der Waals surface area contributed by atoms with Gasteiger partial charge in [-0.05, 0) is 49.2 Å². The van der Waals surface area contributed by atoms with Crippen LogP contribution >= 0.6 is 0 Å². The summed E-state index contributed by atoms with van der Waals surface area (Å²) in [6.45, 7) is 13.6. The third kappa shape index (κ3) is 6.64. The van der Waals surface area contributed by atoms with Gasteiger partial charge >= 0.3 is 0 Å². The van der Waals surface area contributed by atoms with Crippen molar-refractivity contribution >= 4 is 5.78 Å². The van der Waals surface area contributed by atoms with E-state index in [1.54, 1.807) is 0 Å². The smallest absolute Gasteiger partial charge is 0.166 e. The van der Waals surface area contributed by atoms with Gasteiger partial charge in [-0.15, -0.1) is 12.8 Å². The van der Waals surface area contributed by atoms with Gasteiger partial charge in [0.25, 0.3) is 0 Å². The van der Waals surface area contributed by atoms with Crippen LogP contribution in [0.5, 0.6) is 0 Å². The highest BCUT2D eigenvalue weighted by molar-refractivity contribution is 5.88. The Hall–Kier alpha value is -2.93. The van der Waals surface area contributed by atoms with Gasteiger partial charge in [-0.1, -0.05) is 36.1 Å². The quantitative estimate of drug-likeness (QED) is 0.540. The lowest BCUT2D eigenvalue weighted by molar-refractivity contribution is -0.130. The molecule has 0 amide bonds. The minimum absolute atomic E-state index is 0.0511. The summed E-state index contributed by atoms with van der Waals surface area (Å²) < 4.78 is 0. The number of benzene rings is 2. The summed E-state index contributed by atoms with van der Waals surface area (Å²) in [5, 5.41) is 0. The topological polar surface area (TPSA) is 30.0 Å². The fourth-order valence-corrected chi connectivity index (χ4v) is 5.26. The van der Waals surface area contributed by atoms with E-state index < -0.39 is 0 Å². The molecule has 2 aliphatic heterocycles. The van der Waals surface area contributed by atoms with Crippen LogP contribution in [-0.4, -0.2) is 89.8 Å². The average molecular weight is 483 g/mol. The number of carbonyl (C=O) groups is 1. The van der Waals surface area contributed by atoms with Gasteiger partial charge in [0.1, 0.15) is 0 Å². The molecular weight excluding hydrogens is 444 g/mol. The van der Waals surface area contributed by atoms with E-state index in [4.69, 9.17) is 12.8 Å². The first-order valence-corrected chi connectivity index (χ1v) is 13.0. The molecule has 4 rings (SSSR count). The molecule has 5 nitrogen and oxygen atoms in total. The molecule has 2 heterocycles. The molecule has 2 atom stereocenters. The number of hydrogen-bond acceptors (Lipinski definition) is 5. The fraction of sp³-hybridized carbons (Fsp3) is 0.452. The van der Waals surface area contributed by atoms with Crippen LogP contribution in [0.15, 0.2) is 48.5 Å². The van der Waals surface area contributed by atoms with Crippen molar-refractivity contribution in [3.8, 4) is 24.7 Å². The van der Waals surface area contributed by atoms with Crippen LogP contribution in [0.2, 0.25) is 0 Å². The maximum absolute atomic E-state index is 13.4. The number of ketones is 1. The van der Waals surface area contributed by atoms with E-state index >= 15 is 0 Å². The second-order valence-electron chi connectivity index (χ2n) is 10.1. The van der Waals surface area contributed by atoms with Crippen LogP contribution in [0.25, 0.3) is 0 Å². The van der Waals surface area contributed by atoms with Crippen LogP contribution in [0.4, 0.5) is 0 Å². The molecule has 2 fully saturated rings. The SMILES string of the molecule is C#Cc1ccc(CN2CCN(C(C)C(=O)C(C)N3CCN(Cc4ccc(C#C)cc4)CC3)CC2)cc1. The Morgan fingerprint density at radius 1 is 0.667 bits per heavy atom. The Morgan fingerprint density at radius 2 is 1.00 bits per heavy atom. The number of nitrogens with zero attached hydrogens (tertiary/aromatic N) is 4. The van der Waals surface area contributed by atoms with Crippen molar-refractivity contribution in [1.82, 2.24) is 19.6 Å². The zero-order chi connectivity index (χ0) is 25.5. The molecule has 2 unspecified atom stereocenters. The molecule has 2 aliphatic rings. The summed E-state index contributed by atoms with van der Waals surface area (Å²) in [6.07, 6.45) is 10.9. The van der Waals surface area contributed by atoms with Gasteiger partial charge in [0.05, 0.1) is 12.1 Å². The fourth-order valence-electron chi connectivity index (χ4n) is 5.26. The van der Waals surface area contributed by atoms with E-state index in [0.717, 1.165) is 76.6 Å². The van der Waals surface area contributed by atoms with E-state index in [2.05, 4.69) is 69.6 Å². The normalized spacial score (nSPS) is 19.8. The third-order valence-corrected chi connectivity index (χ3v) is 7.79. The van der Waals surface area contributed by atoms with Crippen molar-refractivity contribution in [2.75, 3.05) is 52.4 Å². The van der Waals surface area contributed by atoms with Crippen molar-refractivity contribution in [3.05, 3.63) is 70.8 Å². The standard InChI is InChI=1S/C31H38N4O/c1-5-27-7-11-29(12-8-27)23-32-15-19-34(20-16-32)25(3)31(36)26(4)35-21-17-33(18-22-35)24-30-13-9-28(6-2)10-14-30/h1-2,7-14,25-26H,15-24H2,3-4H3. The van der Waals surface area contributed by atoms with Gasteiger partial charge in [-0.3, -0.25) is 24.4 Å².